The average Bonchev–Trinajstić information content (AvgIpc) is 3.04. The van der Waals surface area contributed by atoms with Crippen LogP contribution in [-0.2, 0) is 16.1 Å². The lowest BCUT2D eigenvalue weighted by Gasteiger charge is -2.15. The van der Waals surface area contributed by atoms with Gasteiger partial charge in [0.1, 0.15) is 0 Å². The molecular weight excluding hydrogens is 266 g/mol. The monoisotopic (exact) mass is 291 g/mol. The second kappa shape index (κ2) is 9.37. The maximum Gasteiger partial charge on any atom is 0.191 e. The van der Waals surface area contributed by atoms with E-state index in [1.54, 1.807) is 7.05 Å². The molecule has 1 saturated heterocycles. The Balaban J connectivity index is 1.54. The van der Waals surface area contributed by atoms with Crippen molar-refractivity contribution in [2.75, 3.05) is 33.4 Å². The number of hydrogen-bond donors (Lipinski definition) is 2. The van der Waals surface area contributed by atoms with Crippen LogP contribution < -0.4 is 10.6 Å². The van der Waals surface area contributed by atoms with Gasteiger partial charge in [-0.2, -0.15) is 0 Å². The summed E-state index contributed by atoms with van der Waals surface area (Å²) in [6.45, 7) is 3.72. The second-order valence-corrected chi connectivity index (χ2v) is 5.05. The summed E-state index contributed by atoms with van der Waals surface area (Å²) in [4.78, 5) is 4.19. The Kier molecular flexibility index (Phi) is 7.04. The second-order valence-electron chi connectivity index (χ2n) is 5.05. The van der Waals surface area contributed by atoms with Gasteiger partial charge in [0.05, 0.1) is 19.3 Å². The van der Waals surface area contributed by atoms with Crippen molar-refractivity contribution < 1.29 is 9.47 Å². The largest absolute Gasteiger partial charge is 0.376 e. The Hall–Kier alpha value is -1.59. The minimum Gasteiger partial charge on any atom is -0.376 e. The van der Waals surface area contributed by atoms with Crippen LogP contribution in [0.5, 0.6) is 0 Å². The van der Waals surface area contributed by atoms with Crippen LogP contribution in [0.4, 0.5) is 0 Å². The number of benzene rings is 1. The fraction of sp³-hybridized carbons (Fsp3) is 0.562. The highest BCUT2D eigenvalue weighted by atomic mass is 16.5. The Bertz CT molecular complexity index is 417. The van der Waals surface area contributed by atoms with Gasteiger partial charge >= 0.3 is 0 Å². The molecule has 21 heavy (non-hydrogen) atoms. The summed E-state index contributed by atoms with van der Waals surface area (Å²) in [5, 5.41) is 6.52. The lowest BCUT2D eigenvalue weighted by Crippen LogP contribution is -2.42. The van der Waals surface area contributed by atoms with E-state index in [9.17, 15) is 0 Å². The summed E-state index contributed by atoms with van der Waals surface area (Å²) in [7, 11) is 1.77. The SMILES string of the molecule is CN=C(NCCOCc1ccccc1)NCC1CCCO1. The molecule has 0 bridgehead atoms. The summed E-state index contributed by atoms with van der Waals surface area (Å²) < 4.78 is 11.2. The first-order valence-corrected chi connectivity index (χ1v) is 7.56. The molecule has 0 aromatic heterocycles. The van der Waals surface area contributed by atoms with Crippen LogP contribution in [0, 0.1) is 0 Å². The predicted octanol–water partition coefficient (Wildman–Crippen LogP) is 1.55. The van der Waals surface area contributed by atoms with Crippen molar-refractivity contribution in [3.8, 4) is 0 Å². The zero-order valence-corrected chi connectivity index (χ0v) is 12.7. The quantitative estimate of drug-likeness (QED) is 0.455. The van der Waals surface area contributed by atoms with Gasteiger partial charge in [0.2, 0.25) is 0 Å². The fourth-order valence-electron chi connectivity index (χ4n) is 2.24. The van der Waals surface area contributed by atoms with E-state index in [4.69, 9.17) is 9.47 Å². The van der Waals surface area contributed by atoms with Crippen molar-refractivity contribution >= 4 is 5.96 Å². The van der Waals surface area contributed by atoms with Gasteiger partial charge in [0, 0.05) is 26.7 Å². The van der Waals surface area contributed by atoms with E-state index in [1.807, 2.05) is 18.2 Å². The van der Waals surface area contributed by atoms with Crippen LogP contribution in [0.15, 0.2) is 35.3 Å². The van der Waals surface area contributed by atoms with E-state index >= 15 is 0 Å². The summed E-state index contributed by atoms with van der Waals surface area (Å²) in [6, 6.07) is 10.2. The van der Waals surface area contributed by atoms with Crippen molar-refractivity contribution in [2.45, 2.75) is 25.6 Å². The maximum atomic E-state index is 5.62. The van der Waals surface area contributed by atoms with Crippen LogP contribution in [0.25, 0.3) is 0 Å². The Morgan fingerprint density at radius 2 is 2.19 bits per heavy atom. The zero-order valence-electron chi connectivity index (χ0n) is 12.7. The first-order chi connectivity index (χ1) is 10.4. The molecular formula is C16H25N3O2. The third-order valence-electron chi connectivity index (χ3n) is 3.40. The van der Waals surface area contributed by atoms with Crippen molar-refractivity contribution in [2.24, 2.45) is 4.99 Å². The minimum absolute atomic E-state index is 0.317. The number of aliphatic imine (C=N–C) groups is 1. The number of guanidine groups is 1. The molecule has 0 amide bonds. The molecule has 1 aromatic carbocycles. The van der Waals surface area contributed by atoms with Crippen LogP contribution in [-0.4, -0.2) is 45.4 Å². The highest BCUT2D eigenvalue weighted by Gasteiger charge is 2.15. The molecule has 2 N–H and O–H groups in total. The highest BCUT2D eigenvalue weighted by molar-refractivity contribution is 5.79. The van der Waals surface area contributed by atoms with Crippen molar-refractivity contribution in [3.05, 3.63) is 35.9 Å². The normalized spacial score (nSPS) is 18.7. The molecule has 1 aromatic rings. The van der Waals surface area contributed by atoms with E-state index in [-0.39, 0.29) is 0 Å². The van der Waals surface area contributed by atoms with E-state index < -0.39 is 0 Å². The molecule has 0 saturated carbocycles. The lowest BCUT2D eigenvalue weighted by atomic mass is 10.2. The molecule has 1 fully saturated rings. The molecule has 0 aliphatic carbocycles. The number of nitrogens with zero attached hydrogens (tertiary/aromatic N) is 1. The van der Waals surface area contributed by atoms with Crippen LogP contribution >= 0.6 is 0 Å². The van der Waals surface area contributed by atoms with E-state index in [1.165, 1.54) is 5.56 Å². The third kappa shape index (κ3) is 6.14. The standard InChI is InChI=1S/C16H25N3O2/c1-17-16(19-12-15-8-5-10-21-15)18-9-11-20-13-14-6-3-2-4-7-14/h2-4,6-7,15H,5,8-13H2,1H3,(H2,17,18,19). The van der Waals surface area contributed by atoms with Gasteiger partial charge in [-0.3, -0.25) is 4.99 Å². The Morgan fingerprint density at radius 1 is 1.33 bits per heavy atom. The van der Waals surface area contributed by atoms with Gasteiger partial charge in [-0.15, -0.1) is 0 Å². The van der Waals surface area contributed by atoms with Gasteiger partial charge in [0.15, 0.2) is 5.96 Å². The third-order valence-corrected chi connectivity index (χ3v) is 3.40. The molecule has 2 rings (SSSR count). The zero-order chi connectivity index (χ0) is 14.8. The number of nitrogens with one attached hydrogen (secondary N) is 2. The van der Waals surface area contributed by atoms with Crippen molar-refractivity contribution in [1.82, 2.24) is 10.6 Å². The lowest BCUT2D eigenvalue weighted by molar-refractivity contribution is 0.113. The molecule has 1 heterocycles. The Labute approximate surface area is 126 Å². The average molecular weight is 291 g/mol. The molecule has 5 heteroatoms. The van der Waals surface area contributed by atoms with Gasteiger partial charge in [-0.05, 0) is 18.4 Å². The smallest absolute Gasteiger partial charge is 0.191 e. The number of hydrogen-bond acceptors (Lipinski definition) is 3. The first-order valence-electron chi connectivity index (χ1n) is 7.56. The van der Waals surface area contributed by atoms with Gasteiger partial charge in [-0.1, -0.05) is 30.3 Å². The van der Waals surface area contributed by atoms with Gasteiger partial charge in [-0.25, -0.2) is 0 Å². The highest BCUT2D eigenvalue weighted by Crippen LogP contribution is 2.10. The summed E-state index contributed by atoms with van der Waals surface area (Å²) >= 11 is 0. The predicted molar refractivity (Wildman–Crippen MR) is 84.4 cm³/mol. The molecule has 1 aliphatic heterocycles. The van der Waals surface area contributed by atoms with Crippen molar-refractivity contribution in [1.29, 1.82) is 0 Å². The van der Waals surface area contributed by atoms with Crippen LogP contribution in [0.1, 0.15) is 18.4 Å². The van der Waals surface area contributed by atoms with Gasteiger partial charge in [0.25, 0.3) is 0 Å². The molecule has 0 radical (unpaired) electrons. The minimum atomic E-state index is 0.317. The topological polar surface area (TPSA) is 54.9 Å². The summed E-state index contributed by atoms with van der Waals surface area (Å²) in [5.41, 5.74) is 1.19. The number of rotatable bonds is 7. The summed E-state index contributed by atoms with van der Waals surface area (Å²) in [5.74, 6) is 0.800. The fourth-order valence-corrected chi connectivity index (χ4v) is 2.24. The van der Waals surface area contributed by atoms with Crippen molar-refractivity contribution in [3.63, 3.8) is 0 Å². The van der Waals surface area contributed by atoms with E-state index in [0.717, 1.165) is 38.5 Å². The molecule has 116 valence electrons. The number of ether oxygens (including phenoxy) is 2. The summed E-state index contributed by atoms with van der Waals surface area (Å²) in [6.07, 6.45) is 2.61. The molecule has 0 spiro atoms. The molecule has 5 nitrogen and oxygen atoms in total. The molecule has 1 unspecified atom stereocenters. The Morgan fingerprint density at radius 3 is 2.90 bits per heavy atom. The molecule has 1 atom stereocenters. The van der Waals surface area contributed by atoms with E-state index in [2.05, 4.69) is 27.8 Å². The van der Waals surface area contributed by atoms with E-state index in [0.29, 0.717) is 19.3 Å². The van der Waals surface area contributed by atoms with Gasteiger partial charge < -0.3 is 20.1 Å². The molecule has 1 aliphatic rings. The first kappa shape index (κ1) is 15.8. The van der Waals surface area contributed by atoms with Crippen LogP contribution in [0.2, 0.25) is 0 Å². The maximum absolute atomic E-state index is 5.62. The van der Waals surface area contributed by atoms with Crippen LogP contribution in [0.3, 0.4) is 0 Å².